The van der Waals surface area contributed by atoms with Crippen molar-refractivity contribution in [2.24, 2.45) is 0 Å². The number of ether oxygens (including phenoxy) is 1. The molecule has 0 fully saturated rings. The van der Waals surface area contributed by atoms with Crippen LogP contribution in [0.25, 0.3) is 0 Å². The SMILES string of the molecule is COc1ccc(N)c(S(=O)(=O)Cc2c(C)cccc2C)c1. The van der Waals surface area contributed by atoms with Crippen molar-refractivity contribution in [1.29, 1.82) is 0 Å². The maximum absolute atomic E-state index is 12.7. The van der Waals surface area contributed by atoms with Gasteiger partial charge in [-0.15, -0.1) is 0 Å². The number of nitrogens with two attached hydrogens (primary N) is 1. The summed E-state index contributed by atoms with van der Waals surface area (Å²) in [6.45, 7) is 3.82. The molecule has 0 aromatic heterocycles. The molecule has 0 aliphatic carbocycles. The van der Waals surface area contributed by atoms with Gasteiger partial charge in [-0.05, 0) is 42.7 Å². The van der Waals surface area contributed by atoms with Crippen molar-refractivity contribution >= 4 is 15.5 Å². The third-order valence-corrected chi connectivity index (χ3v) is 5.23. The van der Waals surface area contributed by atoms with Crippen LogP contribution in [0.4, 0.5) is 5.69 Å². The summed E-state index contributed by atoms with van der Waals surface area (Å²) in [5.74, 6) is 0.410. The minimum Gasteiger partial charge on any atom is -0.497 e. The van der Waals surface area contributed by atoms with Crippen molar-refractivity contribution in [3.05, 3.63) is 53.1 Å². The van der Waals surface area contributed by atoms with E-state index in [0.717, 1.165) is 16.7 Å². The second kappa shape index (κ2) is 5.77. The molecule has 0 atom stereocenters. The first-order valence-electron chi connectivity index (χ1n) is 6.56. The highest BCUT2D eigenvalue weighted by atomic mass is 32.2. The van der Waals surface area contributed by atoms with E-state index in [4.69, 9.17) is 10.5 Å². The molecule has 4 nitrogen and oxygen atoms in total. The predicted octanol–water partition coefficient (Wildman–Crippen LogP) is 2.87. The highest BCUT2D eigenvalue weighted by molar-refractivity contribution is 7.90. The Kier molecular flexibility index (Phi) is 4.23. The number of hydrogen-bond donors (Lipinski definition) is 1. The monoisotopic (exact) mass is 305 g/mol. The van der Waals surface area contributed by atoms with Gasteiger partial charge in [0.2, 0.25) is 0 Å². The molecule has 2 rings (SSSR count). The summed E-state index contributed by atoms with van der Waals surface area (Å²) >= 11 is 0. The average molecular weight is 305 g/mol. The maximum Gasteiger partial charge on any atom is 0.184 e. The van der Waals surface area contributed by atoms with Gasteiger partial charge >= 0.3 is 0 Å². The number of nitrogen functional groups attached to an aromatic ring is 1. The molecule has 5 heteroatoms. The van der Waals surface area contributed by atoms with Crippen LogP contribution in [0.15, 0.2) is 41.3 Å². The van der Waals surface area contributed by atoms with Gasteiger partial charge in [0, 0.05) is 6.07 Å². The van der Waals surface area contributed by atoms with Gasteiger partial charge in [-0.25, -0.2) is 8.42 Å². The van der Waals surface area contributed by atoms with Crippen LogP contribution >= 0.6 is 0 Å². The molecule has 21 heavy (non-hydrogen) atoms. The van der Waals surface area contributed by atoms with E-state index < -0.39 is 9.84 Å². The Labute approximate surface area is 125 Å². The van der Waals surface area contributed by atoms with Crippen molar-refractivity contribution in [2.75, 3.05) is 12.8 Å². The van der Waals surface area contributed by atoms with E-state index >= 15 is 0 Å². The zero-order valence-electron chi connectivity index (χ0n) is 12.4. The van der Waals surface area contributed by atoms with Crippen molar-refractivity contribution in [1.82, 2.24) is 0 Å². The summed E-state index contributed by atoms with van der Waals surface area (Å²) in [5.41, 5.74) is 8.80. The number of benzene rings is 2. The average Bonchev–Trinajstić information content (AvgIpc) is 2.43. The molecule has 0 unspecified atom stereocenters. The molecule has 0 heterocycles. The number of hydrogen-bond acceptors (Lipinski definition) is 4. The lowest BCUT2D eigenvalue weighted by molar-refractivity contribution is 0.413. The molecule has 2 aromatic rings. The third-order valence-electron chi connectivity index (χ3n) is 3.53. The number of anilines is 1. The summed E-state index contributed by atoms with van der Waals surface area (Å²) in [6, 6.07) is 10.4. The van der Waals surface area contributed by atoms with Crippen LogP contribution in [-0.4, -0.2) is 15.5 Å². The number of sulfone groups is 1. The van der Waals surface area contributed by atoms with Crippen molar-refractivity contribution < 1.29 is 13.2 Å². The van der Waals surface area contributed by atoms with E-state index in [9.17, 15) is 8.42 Å². The van der Waals surface area contributed by atoms with Crippen molar-refractivity contribution in [3.8, 4) is 5.75 Å². The molecule has 112 valence electrons. The van der Waals surface area contributed by atoms with Gasteiger partial charge in [-0.1, -0.05) is 18.2 Å². The molecule has 0 aliphatic heterocycles. The first-order valence-corrected chi connectivity index (χ1v) is 8.22. The molecule has 0 saturated carbocycles. The summed E-state index contributed by atoms with van der Waals surface area (Å²) in [6.07, 6.45) is 0. The van der Waals surface area contributed by atoms with Gasteiger partial charge in [0.1, 0.15) is 5.75 Å². The Bertz CT molecular complexity index is 747. The normalized spacial score (nSPS) is 11.4. The van der Waals surface area contributed by atoms with E-state index in [1.165, 1.54) is 13.2 Å². The molecule has 0 radical (unpaired) electrons. The fourth-order valence-electron chi connectivity index (χ4n) is 2.26. The molecule has 0 spiro atoms. The van der Waals surface area contributed by atoms with Crippen LogP contribution in [0.5, 0.6) is 5.75 Å². The van der Waals surface area contributed by atoms with Gasteiger partial charge in [0.05, 0.1) is 23.4 Å². The molecular formula is C16H19NO3S. The Balaban J connectivity index is 2.48. The lowest BCUT2D eigenvalue weighted by Gasteiger charge is -2.13. The van der Waals surface area contributed by atoms with Crippen LogP contribution in [0.3, 0.4) is 0 Å². The Morgan fingerprint density at radius 3 is 2.29 bits per heavy atom. The molecule has 0 amide bonds. The number of aryl methyl sites for hydroxylation is 2. The highest BCUT2D eigenvalue weighted by Gasteiger charge is 2.21. The molecule has 0 aliphatic rings. The topological polar surface area (TPSA) is 69.4 Å². The Hall–Kier alpha value is -2.01. The van der Waals surface area contributed by atoms with Crippen LogP contribution in [0.2, 0.25) is 0 Å². The summed E-state index contributed by atoms with van der Waals surface area (Å²) in [5, 5.41) is 0. The minimum absolute atomic E-state index is 0.0666. The predicted molar refractivity (Wildman–Crippen MR) is 84.2 cm³/mol. The standard InChI is InChI=1S/C16H19NO3S/c1-11-5-4-6-12(2)14(11)10-21(18,19)16-9-13(20-3)7-8-15(16)17/h4-9H,10,17H2,1-3H3. The number of rotatable bonds is 4. The van der Waals surface area contributed by atoms with Crippen LogP contribution in [0, 0.1) is 13.8 Å². The second-order valence-corrected chi connectivity index (χ2v) is 6.99. The van der Waals surface area contributed by atoms with E-state index in [1.54, 1.807) is 12.1 Å². The Morgan fingerprint density at radius 2 is 1.71 bits per heavy atom. The summed E-state index contributed by atoms with van der Waals surface area (Å²) in [4.78, 5) is 0.115. The fraction of sp³-hybridized carbons (Fsp3) is 0.250. The van der Waals surface area contributed by atoms with Crippen LogP contribution in [-0.2, 0) is 15.6 Å². The smallest absolute Gasteiger partial charge is 0.184 e. The van der Waals surface area contributed by atoms with E-state index in [0.29, 0.717) is 5.75 Å². The van der Waals surface area contributed by atoms with E-state index in [2.05, 4.69) is 0 Å². The first kappa shape index (κ1) is 15.4. The van der Waals surface area contributed by atoms with Gasteiger partial charge < -0.3 is 10.5 Å². The molecular weight excluding hydrogens is 286 g/mol. The van der Waals surface area contributed by atoms with Gasteiger partial charge in [-0.3, -0.25) is 0 Å². The molecule has 2 N–H and O–H groups in total. The largest absolute Gasteiger partial charge is 0.497 e. The molecule has 2 aromatic carbocycles. The zero-order valence-corrected chi connectivity index (χ0v) is 13.2. The fourth-order valence-corrected chi connectivity index (χ4v) is 3.97. The third kappa shape index (κ3) is 3.19. The first-order chi connectivity index (χ1) is 9.85. The van der Waals surface area contributed by atoms with E-state index in [-0.39, 0.29) is 16.3 Å². The lowest BCUT2D eigenvalue weighted by Crippen LogP contribution is -2.10. The van der Waals surface area contributed by atoms with Gasteiger partial charge in [0.25, 0.3) is 0 Å². The quantitative estimate of drug-likeness (QED) is 0.882. The minimum atomic E-state index is -3.53. The maximum atomic E-state index is 12.7. The molecule has 0 saturated heterocycles. The van der Waals surface area contributed by atoms with Crippen molar-refractivity contribution in [2.45, 2.75) is 24.5 Å². The Morgan fingerprint density at radius 1 is 1.10 bits per heavy atom. The van der Waals surface area contributed by atoms with Crippen LogP contribution in [0.1, 0.15) is 16.7 Å². The number of methoxy groups -OCH3 is 1. The van der Waals surface area contributed by atoms with Crippen LogP contribution < -0.4 is 10.5 Å². The van der Waals surface area contributed by atoms with Gasteiger partial charge in [-0.2, -0.15) is 0 Å². The second-order valence-electron chi connectivity index (χ2n) is 5.03. The van der Waals surface area contributed by atoms with Gasteiger partial charge in [0.15, 0.2) is 9.84 Å². The molecule has 0 bridgehead atoms. The lowest BCUT2D eigenvalue weighted by atomic mass is 10.1. The summed E-state index contributed by atoms with van der Waals surface area (Å²) < 4.78 is 30.4. The van der Waals surface area contributed by atoms with E-state index in [1.807, 2.05) is 32.0 Å². The highest BCUT2D eigenvalue weighted by Crippen LogP contribution is 2.28. The summed E-state index contributed by atoms with van der Waals surface area (Å²) in [7, 11) is -2.03. The van der Waals surface area contributed by atoms with Crippen molar-refractivity contribution in [3.63, 3.8) is 0 Å². The zero-order chi connectivity index (χ0) is 15.6.